The Kier molecular flexibility index (Phi) is 8.12. The summed E-state index contributed by atoms with van der Waals surface area (Å²) in [4.78, 5) is 11.4. The molecule has 120 valence electrons. The average Bonchev–Trinajstić information content (AvgIpc) is 2.41. The number of ether oxygens (including phenoxy) is 1. The van der Waals surface area contributed by atoms with Gasteiger partial charge in [0, 0.05) is 12.5 Å². The van der Waals surface area contributed by atoms with Gasteiger partial charge in [-0.05, 0) is 12.1 Å². The third-order valence-electron chi connectivity index (χ3n) is 2.65. The first kappa shape index (κ1) is 19.5. The van der Waals surface area contributed by atoms with Gasteiger partial charge in [-0.25, -0.2) is 0 Å². The Labute approximate surface area is 127 Å². The molecule has 1 aromatic carbocycles. The zero-order chi connectivity index (χ0) is 15.2. The van der Waals surface area contributed by atoms with Crippen LogP contribution in [0.5, 0.6) is 5.75 Å². The van der Waals surface area contributed by atoms with Crippen LogP contribution in [0.25, 0.3) is 0 Å². The summed E-state index contributed by atoms with van der Waals surface area (Å²) in [7, 11) is 0. The third-order valence-corrected chi connectivity index (χ3v) is 2.65. The van der Waals surface area contributed by atoms with Crippen LogP contribution in [0.1, 0.15) is 12.5 Å². The van der Waals surface area contributed by atoms with E-state index in [1.54, 1.807) is 6.92 Å². The lowest BCUT2D eigenvalue weighted by Gasteiger charge is -2.14. The summed E-state index contributed by atoms with van der Waals surface area (Å²) in [6, 6.07) is 4.94. The topological polar surface area (TPSA) is 64.4 Å². The molecule has 0 aromatic heterocycles. The van der Waals surface area contributed by atoms with E-state index < -0.39 is 11.7 Å². The van der Waals surface area contributed by atoms with Crippen molar-refractivity contribution >= 4 is 18.3 Å². The minimum atomic E-state index is -4.46. The third kappa shape index (κ3) is 6.22. The van der Waals surface area contributed by atoms with Crippen LogP contribution in [-0.2, 0) is 11.0 Å². The van der Waals surface area contributed by atoms with E-state index in [0.29, 0.717) is 0 Å². The van der Waals surface area contributed by atoms with Gasteiger partial charge in [0.25, 0.3) is 0 Å². The number of para-hydroxylation sites is 1. The highest BCUT2D eigenvalue weighted by atomic mass is 35.5. The summed E-state index contributed by atoms with van der Waals surface area (Å²) in [5.41, 5.74) is 4.49. The predicted octanol–water partition coefficient (Wildman–Crippen LogP) is 2.22. The molecule has 1 atom stereocenters. The van der Waals surface area contributed by atoms with Gasteiger partial charge in [0.1, 0.15) is 12.4 Å². The van der Waals surface area contributed by atoms with Crippen molar-refractivity contribution in [1.82, 2.24) is 5.32 Å². The highest BCUT2D eigenvalue weighted by molar-refractivity contribution is 5.85. The number of benzene rings is 1. The van der Waals surface area contributed by atoms with Crippen molar-refractivity contribution in [2.24, 2.45) is 11.7 Å². The first-order valence-electron chi connectivity index (χ1n) is 6.13. The van der Waals surface area contributed by atoms with Crippen LogP contribution in [0, 0.1) is 5.92 Å². The summed E-state index contributed by atoms with van der Waals surface area (Å²) in [6.07, 6.45) is -4.46. The molecule has 0 aliphatic heterocycles. The normalized spacial score (nSPS) is 12.2. The molecule has 0 aliphatic carbocycles. The lowest BCUT2D eigenvalue weighted by Crippen LogP contribution is -2.35. The van der Waals surface area contributed by atoms with Crippen molar-refractivity contribution in [3.63, 3.8) is 0 Å². The number of carbonyl (C=O) groups is 1. The molecule has 0 fully saturated rings. The van der Waals surface area contributed by atoms with Crippen LogP contribution in [0.2, 0.25) is 0 Å². The second kappa shape index (κ2) is 8.74. The molecule has 0 saturated heterocycles. The second-order valence-electron chi connectivity index (χ2n) is 4.27. The number of halogens is 4. The Morgan fingerprint density at radius 3 is 2.57 bits per heavy atom. The average molecular weight is 327 g/mol. The molecule has 0 aliphatic rings. The summed E-state index contributed by atoms with van der Waals surface area (Å²) in [6.45, 7) is 1.95. The summed E-state index contributed by atoms with van der Waals surface area (Å²) in [5.74, 6) is -0.834. The zero-order valence-electron chi connectivity index (χ0n) is 11.4. The highest BCUT2D eigenvalue weighted by Crippen LogP contribution is 2.35. The lowest BCUT2D eigenvalue weighted by atomic mass is 10.2. The number of amides is 1. The quantitative estimate of drug-likeness (QED) is 0.788. The van der Waals surface area contributed by atoms with Gasteiger partial charge in [-0.15, -0.1) is 12.4 Å². The van der Waals surface area contributed by atoms with Crippen LogP contribution in [0.15, 0.2) is 24.3 Å². The number of rotatable bonds is 6. The molecule has 21 heavy (non-hydrogen) atoms. The molecule has 0 heterocycles. The number of carbonyl (C=O) groups excluding carboxylic acids is 1. The van der Waals surface area contributed by atoms with Gasteiger partial charge in [-0.2, -0.15) is 13.2 Å². The van der Waals surface area contributed by atoms with Crippen molar-refractivity contribution in [3.8, 4) is 5.75 Å². The summed E-state index contributed by atoms with van der Waals surface area (Å²) >= 11 is 0. The van der Waals surface area contributed by atoms with E-state index in [2.05, 4.69) is 5.32 Å². The van der Waals surface area contributed by atoms with E-state index in [4.69, 9.17) is 10.5 Å². The van der Waals surface area contributed by atoms with Crippen LogP contribution in [-0.4, -0.2) is 25.6 Å². The molecule has 3 N–H and O–H groups in total. The highest BCUT2D eigenvalue weighted by Gasteiger charge is 2.33. The fourth-order valence-electron chi connectivity index (χ4n) is 1.44. The smallest absolute Gasteiger partial charge is 0.419 e. The fourth-order valence-corrected chi connectivity index (χ4v) is 1.44. The van der Waals surface area contributed by atoms with Gasteiger partial charge in [-0.3, -0.25) is 4.79 Å². The molecule has 0 saturated carbocycles. The van der Waals surface area contributed by atoms with E-state index >= 15 is 0 Å². The van der Waals surface area contributed by atoms with E-state index in [1.165, 1.54) is 18.2 Å². The summed E-state index contributed by atoms with van der Waals surface area (Å²) in [5, 5.41) is 2.54. The first-order valence-corrected chi connectivity index (χ1v) is 6.13. The van der Waals surface area contributed by atoms with Crippen LogP contribution in [0.4, 0.5) is 13.2 Å². The first-order chi connectivity index (χ1) is 9.36. The number of nitrogens with one attached hydrogen (secondary N) is 1. The van der Waals surface area contributed by atoms with Crippen molar-refractivity contribution in [1.29, 1.82) is 0 Å². The van der Waals surface area contributed by atoms with Gasteiger partial charge < -0.3 is 15.8 Å². The molecule has 1 amide bonds. The van der Waals surface area contributed by atoms with E-state index in [1.807, 2.05) is 0 Å². The largest absolute Gasteiger partial charge is 0.491 e. The Morgan fingerprint density at radius 1 is 1.38 bits per heavy atom. The molecule has 0 radical (unpaired) electrons. The van der Waals surface area contributed by atoms with E-state index in [9.17, 15) is 18.0 Å². The van der Waals surface area contributed by atoms with Crippen LogP contribution < -0.4 is 15.8 Å². The maximum atomic E-state index is 12.7. The van der Waals surface area contributed by atoms with Gasteiger partial charge >= 0.3 is 6.18 Å². The SMILES string of the molecule is CC(CN)C(=O)NCCOc1ccccc1C(F)(F)F.Cl. The fraction of sp³-hybridized carbons (Fsp3) is 0.462. The van der Waals surface area contributed by atoms with Crippen molar-refractivity contribution < 1.29 is 22.7 Å². The maximum Gasteiger partial charge on any atom is 0.419 e. The maximum absolute atomic E-state index is 12.7. The molecule has 0 spiro atoms. The van der Waals surface area contributed by atoms with Crippen LogP contribution in [0.3, 0.4) is 0 Å². The predicted molar refractivity (Wildman–Crippen MR) is 75.4 cm³/mol. The minimum absolute atomic E-state index is 0. The van der Waals surface area contributed by atoms with Crippen molar-refractivity contribution in [2.75, 3.05) is 19.7 Å². The Balaban J connectivity index is 0.00000400. The molecule has 1 rings (SSSR count). The standard InChI is InChI=1S/C13H17F3N2O2.ClH/c1-9(8-17)12(19)18-6-7-20-11-5-3-2-4-10(11)13(14,15)16;/h2-5,9H,6-8,17H2,1H3,(H,18,19);1H. The Hall–Kier alpha value is -1.47. The second-order valence-corrected chi connectivity index (χ2v) is 4.27. The van der Waals surface area contributed by atoms with Crippen molar-refractivity contribution in [2.45, 2.75) is 13.1 Å². The Morgan fingerprint density at radius 2 is 2.00 bits per heavy atom. The molecule has 8 heteroatoms. The number of alkyl halides is 3. The van der Waals surface area contributed by atoms with Crippen molar-refractivity contribution in [3.05, 3.63) is 29.8 Å². The zero-order valence-corrected chi connectivity index (χ0v) is 12.3. The number of hydrogen-bond acceptors (Lipinski definition) is 3. The number of hydrogen-bond donors (Lipinski definition) is 2. The minimum Gasteiger partial charge on any atom is -0.491 e. The van der Waals surface area contributed by atoms with E-state index in [-0.39, 0.29) is 49.7 Å². The molecule has 4 nitrogen and oxygen atoms in total. The Bertz CT molecular complexity index is 455. The van der Waals surface area contributed by atoms with Crippen LogP contribution >= 0.6 is 12.4 Å². The molecule has 0 bridgehead atoms. The summed E-state index contributed by atoms with van der Waals surface area (Å²) < 4.78 is 43.1. The van der Waals surface area contributed by atoms with Gasteiger partial charge in [0.05, 0.1) is 12.1 Å². The van der Waals surface area contributed by atoms with Gasteiger partial charge in [-0.1, -0.05) is 19.1 Å². The molecule has 1 aromatic rings. The molecular formula is C13H18ClF3N2O2. The van der Waals surface area contributed by atoms with E-state index in [0.717, 1.165) is 6.07 Å². The molecular weight excluding hydrogens is 309 g/mol. The monoisotopic (exact) mass is 326 g/mol. The van der Waals surface area contributed by atoms with Gasteiger partial charge in [0.2, 0.25) is 5.91 Å². The number of nitrogens with two attached hydrogens (primary N) is 1. The lowest BCUT2D eigenvalue weighted by molar-refractivity contribution is -0.139. The molecule has 1 unspecified atom stereocenters. The van der Waals surface area contributed by atoms with Gasteiger partial charge in [0.15, 0.2) is 0 Å².